The minimum absolute atomic E-state index is 0.233. The van der Waals surface area contributed by atoms with Crippen LogP contribution in [0.15, 0.2) is 65.8 Å². The molecule has 3 aromatic carbocycles. The predicted molar refractivity (Wildman–Crippen MR) is 132 cm³/mol. The molecule has 0 unspecified atom stereocenters. The summed E-state index contributed by atoms with van der Waals surface area (Å²) in [6.07, 6.45) is 0. The lowest BCUT2D eigenvalue weighted by Crippen LogP contribution is -2.33. The highest BCUT2D eigenvalue weighted by atomic mass is 35.5. The van der Waals surface area contributed by atoms with Crippen molar-refractivity contribution in [2.45, 2.75) is 27.4 Å². The summed E-state index contributed by atoms with van der Waals surface area (Å²) in [6.45, 7) is 5.72. The van der Waals surface area contributed by atoms with Gasteiger partial charge in [0.05, 0.1) is 5.71 Å². The maximum atomic E-state index is 12.2. The second-order valence-corrected chi connectivity index (χ2v) is 8.24. The number of ether oxygens (including phenoxy) is 1. The summed E-state index contributed by atoms with van der Waals surface area (Å²) >= 11 is 12.3. The Hall–Kier alpha value is -3.35. The van der Waals surface area contributed by atoms with Crippen molar-refractivity contribution in [3.05, 3.63) is 93.0 Å². The Morgan fingerprint density at radius 2 is 1.61 bits per heavy atom. The van der Waals surface area contributed by atoms with Crippen LogP contribution < -0.4 is 15.5 Å². The van der Waals surface area contributed by atoms with E-state index in [1.165, 1.54) is 0 Å². The largest absolute Gasteiger partial charge is 0.489 e. The Labute approximate surface area is 202 Å². The van der Waals surface area contributed by atoms with Crippen LogP contribution in [-0.4, -0.2) is 17.5 Å². The molecule has 0 aromatic heterocycles. The molecule has 0 aliphatic heterocycles. The van der Waals surface area contributed by atoms with Crippen LogP contribution in [0.25, 0.3) is 0 Å². The number of halogens is 2. The van der Waals surface area contributed by atoms with Gasteiger partial charge in [0.1, 0.15) is 12.4 Å². The number of anilines is 1. The van der Waals surface area contributed by atoms with E-state index < -0.39 is 11.8 Å². The third kappa shape index (κ3) is 6.57. The second kappa shape index (κ2) is 11.0. The first-order chi connectivity index (χ1) is 15.7. The molecule has 0 radical (unpaired) electrons. The fraction of sp³-hybridized carbons (Fsp3) is 0.160. The normalized spacial score (nSPS) is 11.1. The zero-order valence-electron chi connectivity index (χ0n) is 18.4. The van der Waals surface area contributed by atoms with Crippen LogP contribution in [0.1, 0.15) is 29.2 Å². The standard InChI is InChI=1S/C25H23Cl2N3O3/c1-15-7-8-16(2)23(13-15)28-24(31)25(32)30-29-17(3)18-9-11-19(12-10-18)33-14-20-21(26)5-4-6-22(20)27/h4-13H,14H2,1-3H3,(H,28,31)(H,30,32)/b29-17+. The Morgan fingerprint density at radius 3 is 2.27 bits per heavy atom. The van der Waals surface area contributed by atoms with Gasteiger partial charge in [-0.3, -0.25) is 9.59 Å². The average Bonchev–Trinajstić information content (AvgIpc) is 2.79. The lowest BCUT2D eigenvalue weighted by Gasteiger charge is -2.10. The van der Waals surface area contributed by atoms with Crippen molar-refractivity contribution in [1.82, 2.24) is 5.43 Å². The lowest BCUT2D eigenvalue weighted by atomic mass is 10.1. The van der Waals surface area contributed by atoms with E-state index in [-0.39, 0.29) is 6.61 Å². The highest BCUT2D eigenvalue weighted by Crippen LogP contribution is 2.26. The van der Waals surface area contributed by atoms with Gasteiger partial charge in [-0.15, -0.1) is 0 Å². The van der Waals surface area contributed by atoms with Gasteiger partial charge in [-0.2, -0.15) is 5.10 Å². The van der Waals surface area contributed by atoms with Gasteiger partial charge in [-0.1, -0.05) is 41.4 Å². The minimum Gasteiger partial charge on any atom is -0.489 e. The van der Waals surface area contributed by atoms with Gasteiger partial charge < -0.3 is 10.1 Å². The fourth-order valence-electron chi connectivity index (χ4n) is 2.92. The zero-order valence-corrected chi connectivity index (χ0v) is 19.9. The van der Waals surface area contributed by atoms with Gasteiger partial charge in [0.15, 0.2) is 0 Å². The quantitative estimate of drug-likeness (QED) is 0.269. The van der Waals surface area contributed by atoms with Crippen LogP contribution in [0.3, 0.4) is 0 Å². The van der Waals surface area contributed by atoms with E-state index >= 15 is 0 Å². The molecule has 0 heterocycles. The van der Waals surface area contributed by atoms with Crippen molar-refractivity contribution >= 4 is 46.4 Å². The van der Waals surface area contributed by atoms with E-state index in [1.54, 1.807) is 55.5 Å². The van der Waals surface area contributed by atoms with Gasteiger partial charge >= 0.3 is 11.8 Å². The van der Waals surface area contributed by atoms with Crippen LogP contribution in [-0.2, 0) is 16.2 Å². The van der Waals surface area contributed by atoms with Crippen LogP contribution in [0.2, 0.25) is 10.0 Å². The number of hydrogen-bond donors (Lipinski definition) is 2. The minimum atomic E-state index is -0.855. The Bertz CT molecular complexity index is 1190. The molecule has 0 atom stereocenters. The first kappa shape index (κ1) is 24.3. The van der Waals surface area contributed by atoms with Crippen LogP contribution in [0, 0.1) is 13.8 Å². The van der Waals surface area contributed by atoms with E-state index in [4.69, 9.17) is 27.9 Å². The molecule has 0 aliphatic carbocycles. The molecule has 3 rings (SSSR count). The molecule has 8 heteroatoms. The van der Waals surface area contributed by atoms with Crippen LogP contribution in [0.4, 0.5) is 5.69 Å². The first-order valence-electron chi connectivity index (χ1n) is 10.1. The van der Waals surface area contributed by atoms with Crippen molar-refractivity contribution in [3.8, 4) is 5.75 Å². The Morgan fingerprint density at radius 1 is 0.939 bits per heavy atom. The number of carbonyl (C=O) groups excluding carboxylic acids is 2. The molecule has 33 heavy (non-hydrogen) atoms. The summed E-state index contributed by atoms with van der Waals surface area (Å²) in [5, 5.41) is 7.71. The number of carbonyl (C=O) groups is 2. The number of benzene rings is 3. The summed E-state index contributed by atoms with van der Waals surface area (Å²) in [4.78, 5) is 24.3. The van der Waals surface area contributed by atoms with Gasteiger partial charge in [0.2, 0.25) is 0 Å². The highest BCUT2D eigenvalue weighted by Gasteiger charge is 2.14. The maximum absolute atomic E-state index is 12.2. The molecular formula is C25H23Cl2N3O3. The number of nitrogens with one attached hydrogen (secondary N) is 2. The smallest absolute Gasteiger partial charge is 0.329 e. The molecule has 0 bridgehead atoms. The Kier molecular flexibility index (Phi) is 8.09. The summed E-state index contributed by atoms with van der Waals surface area (Å²) in [7, 11) is 0. The second-order valence-electron chi connectivity index (χ2n) is 7.42. The highest BCUT2D eigenvalue weighted by molar-refractivity contribution is 6.39. The molecule has 0 saturated carbocycles. The topological polar surface area (TPSA) is 79.8 Å². The molecule has 0 fully saturated rings. The number of hydrazone groups is 1. The summed E-state index contributed by atoms with van der Waals surface area (Å²) in [5.74, 6) is -1.02. The number of amides is 2. The molecule has 0 saturated heterocycles. The van der Waals surface area contributed by atoms with Gasteiger partial charge in [0.25, 0.3) is 0 Å². The van der Waals surface area contributed by atoms with E-state index in [0.29, 0.717) is 32.8 Å². The van der Waals surface area contributed by atoms with Gasteiger partial charge in [-0.25, -0.2) is 5.43 Å². The monoisotopic (exact) mass is 483 g/mol. The number of nitrogens with zero attached hydrogens (tertiary/aromatic N) is 1. The average molecular weight is 484 g/mol. The zero-order chi connectivity index (χ0) is 24.0. The molecule has 6 nitrogen and oxygen atoms in total. The number of aryl methyl sites for hydroxylation is 2. The molecule has 0 aliphatic rings. The molecule has 2 N–H and O–H groups in total. The summed E-state index contributed by atoms with van der Waals surface area (Å²) in [6, 6.07) is 18.0. The number of hydrogen-bond acceptors (Lipinski definition) is 4. The van der Waals surface area contributed by atoms with E-state index in [9.17, 15) is 9.59 Å². The van der Waals surface area contributed by atoms with Crippen molar-refractivity contribution in [1.29, 1.82) is 0 Å². The number of rotatable bonds is 6. The SMILES string of the molecule is C/C(=N\NC(=O)C(=O)Nc1cc(C)ccc1C)c1ccc(OCc2c(Cl)cccc2Cl)cc1. The van der Waals surface area contributed by atoms with Gasteiger partial charge in [-0.05, 0) is 79.9 Å². The van der Waals surface area contributed by atoms with E-state index in [2.05, 4.69) is 15.8 Å². The van der Waals surface area contributed by atoms with Gasteiger partial charge in [0, 0.05) is 21.3 Å². The molecule has 0 spiro atoms. The molecule has 170 valence electrons. The third-order valence-electron chi connectivity index (χ3n) is 4.89. The predicted octanol–water partition coefficient (Wildman–Crippen LogP) is 5.67. The third-order valence-corrected chi connectivity index (χ3v) is 5.60. The van der Waals surface area contributed by atoms with Crippen molar-refractivity contribution in [3.63, 3.8) is 0 Å². The summed E-state index contributed by atoms with van der Waals surface area (Å²) in [5.41, 5.74) is 6.71. The summed E-state index contributed by atoms with van der Waals surface area (Å²) < 4.78 is 5.76. The Balaban J connectivity index is 1.57. The first-order valence-corrected chi connectivity index (χ1v) is 10.9. The van der Waals surface area contributed by atoms with Crippen LogP contribution in [0.5, 0.6) is 5.75 Å². The molecule has 2 amide bonds. The maximum Gasteiger partial charge on any atom is 0.329 e. The fourth-order valence-corrected chi connectivity index (χ4v) is 3.42. The lowest BCUT2D eigenvalue weighted by molar-refractivity contribution is -0.136. The molecular weight excluding hydrogens is 461 g/mol. The van der Waals surface area contributed by atoms with E-state index in [1.807, 2.05) is 26.0 Å². The van der Waals surface area contributed by atoms with E-state index in [0.717, 1.165) is 16.7 Å². The van der Waals surface area contributed by atoms with Crippen LogP contribution >= 0.6 is 23.2 Å². The van der Waals surface area contributed by atoms with Crippen molar-refractivity contribution < 1.29 is 14.3 Å². The van der Waals surface area contributed by atoms with Crippen molar-refractivity contribution in [2.75, 3.05) is 5.32 Å². The van der Waals surface area contributed by atoms with Crippen molar-refractivity contribution in [2.24, 2.45) is 5.10 Å². The molecule has 3 aromatic rings.